The fourth-order valence-electron chi connectivity index (χ4n) is 3.61. The summed E-state index contributed by atoms with van der Waals surface area (Å²) in [5.74, 6) is 0.706. The number of esters is 1. The van der Waals surface area contributed by atoms with Gasteiger partial charge in [-0.05, 0) is 41.4 Å². The molecule has 0 spiro atoms. The van der Waals surface area contributed by atoms with Crippen LogP contribution >= 0.6 is 0 Å². The zero-order chi connectivity index (χ0) is 21.2. The molecule has 154 valence electrons. The number of hydrogen-bond donors (Lipinski definition) is 0. The number of benzene rings is 1. The predicted octanol–water partition coefficient (Wildman–Crippen LogP) is 4.88. The van der Waals surface area contributed by atoms with Crippen molar-refractivity contribution in [1.29, 1.82) is 5.26 Å². The lowest BCUT2D eigenvalue weighted by Crippen LogP contribution is -2.30. The molecule has 0 unspecified atom stereocenters. The first-order valence-corrected chi connectivity index (χ1v) is 9.74. The number of methoxy groups -OCH3 is 1. The SMILES string of the molecule is COc1ccc(CCC(=O)CC(C)(C)CC(C)(C)COC(=O)CCC#N)cc1. The number of aryl methyl sites for hydroxylation is 1. The molecule has 0 aliphatic rings. The molecule has 0 amide bonds. The minimum absolute atomic E-state index is 0.125. The normalized spacial score (nSPS) is 11.6. The van der Waals surface area contributed by atoms with Crippen LogP contribution in [-0.4, -0.2) is 25.5 Å². The lowest BCUT2D eigenvalue weighted by Gasteiger charge is -2.34. The minimum Gasteiger partial charge on any atom is -0.497 e. The second-order valence-electron chi connectivity index (χ2n) is 8.89. The molecule has 1 rings (SSSR count). The van der Waals surface area contributed by atoms with Gasteiger partial charge < -0.3 is 9.47 Å². The monoisotopic (exact) mass is 387 g/mol. The number of carbonyl (C=O) groups excluding carboxylic acids is 2. The summed E-state index contributed by atoms with van der Waals surface area (Å²) in [6.07, 6.45) is 2.79. The molecular weight excluding hydrogens is 354 g/mol. The van der Waals surface area contributed by atoms with Crippen molar-refractivity contribution in [3.8, 4) is 11.8 Å². The molecule has 5 nitrogen and oxygen atoms in total. The third-order valence-corrected chi connectivity index (χ3v) is 4.55. The van der Waals surface area contributed by atoms with Crippen LogP contribution in [0.15, 0.2) is 24.3 Å². The summed E-state index contributed by atoms with van der Waals surface area (Å²) in [5, 5.41) is 8.52. The van der Waals surface area contributed by atoms with E-state index in [1.807, 2.05) is 44.2 Å². The fourth-order valence-corrected chi connectivity index (χ4v) is 3.61. The topological polar surface area (TPSA) is 76.4 Å². The standard InChI is InChI=1S/C23H33NO4/c1-22(2,16-23(3,4)17-28-21(26)7-6-14-24)15-19(25)11-8-18-9-12-20(27-5)13-10-18/h9-10,12-13H,6-8,11,15-17H2,1-5H3. The van der Waals surface area contributed by atoms with Gasteiger partial charge in [0.15, 0.2) is 0 Å². The molecule has 1 aromatic rings. The molecule has 0 fully saturated rings. The highest BCUT2D eigenvalue weighted by atomic mass is 16.5. The number of hydrogen-bond acceptors (Lipinski definition) is 5. The molecule has 28 heavy (non-hydrogen) atoms. The van der Waals surface area contributed by atoms with E-state index in [0.717, 1.165) is 24.2 Å². The smallest absolute Gasteiger partial charge is 0.306 e. The van der Waals surface area contributed by atoms with Gasteiger partial charge in [-0.2, -0.15) is 5.26 Å². The largest absolute Gasteiger partial charge is 0.497 e. The van der Waals surface area contributed by atoms with Crippen molar-refractivity contribution in [2.24, 2.45) is 10.8 Å². The third-order valence-electron chi connectivity index (χ3n) is 4.55. The van der Waals surface area contributed by atoms with Crippen LogP contribution in [0.3, 0.4) is 0 Å². The first-order chi connectivity index (χ1) is 13.1. The van der Waals surface area contributed by atoms with Crippen LogP contribution in [0.4, 0.5) is 0 Å². The Balaban J connectivity index is 2.46. The van der Waals surface area contributed by atoms with E-state index in [4.69, 9.17) is 14.7 Å². The number of nitriles is 1. The number of nitrogens with zero attached hydrogens (tertiary/aromatic N) is 1. The molecule has 0 aromatic heterocycles. The molecule has 5 heteroatoms. The highest BCUT2D eigenvalue weighted by Gasteiger charge is 2.31. The number of rotatable bonds is 12. The van der Waals surface area contributed by atoms with Crippen molar-refractivity contribution in [3.63, 3.8) is 0 Å². The average Bonchev–Trinajstić information content (AvgIpc) is 2.62. The van der Waals surface area contributed by atoms with Crippen molar-refractivity contribution < 1.29 is 19.1 Å². The van der Waals surface area contributed by atoms with E-state index in [1.165, 1.54) is 0 Å². The maximum absolute atomic E-state index is 12.5. The van der Waals surface area contributed by atoms with Gasteiger partial charge in [0.1, 0.15) is 11.5 Å². The van der Waals surface area contributed by atoms with Crippen LogP contribution in [-0.2, 0) is 20.7 Å². The van der Waals surface area contributed by atoms with Crippen molar-refractivity contribution >= 4 is 11.8 Å². The molecule has 1 aromatic carbocycles. The molecule has 0 saturated heterocycles. The maximum atomic E-state index is 12.5. The van der Waals surface area contributed by atoms with Crippen molar-refractivity contribution in [3.05, 3.63) is 29.8 Å². The number of Topliss-reactive ketones (excluding diaryl/α,β-unsaturated/α-hetero) is 1. The van der Waals surface area contributed by atoms with Gasteiger partial charge in [0.05, 0.1) is 26.2 Å². The van der Waals surface area contributed by atoms with E-state index in [2.05, 4.69) is 13.8 Å². The van der Waals surface area contributed by atoms with Gasteiger partial charge in [-0.15, -0.1) is 0 Å². The third kappa shape index (κ3) is 9.55. The van der Waals surface area contributed by atoms with Gasteiger partial charge in [0.25, 0.3) is 0 Å². The second-order valence-corrected chi connectivity index (χ2v) is 8.89. The van der Waals surface area contributed by atoms with Gasteiger partial charge in [0.2, 0.25) is 0 Å². The van der Waals surface area contributed by atoms with Gasteiger partial charge in [0, 0.05) is 19.3 Å². The zero-order valence-corrected chi connectivity index (χ0v) is 17.8. The van der Waals surface area contributed by atoms with Gasteiger partial charge >= 0.3 is 5.97 Å². The quantitative estimate of drug-likeness (QED) is 0.478. The molecule has 0 aliphatic carbocycles. The molecule has 0 N–H and O–H groups in total. The Morgan fingerprint density at radius 1 is 1.04 bits per heavy atom. The Morgan fingerprint density at radius 2 is 1.68 bits per heavy atom. The molecule has 0 atom stereocenters. The van der Waals surface area contributed by atoms with E-state index in [0.29, 0.717) is 19.4 Å². The summed E-state index contributed by atoms with van der Waals surface area (Å²) in [7, 11) is 1.63. The molecule has 0 saturated carbocycles. The van der Waals surface area contributed by atoms with Crippen molar-refractivity contribution in [1.82, 2.24) is 0 Å². The average molecular weight is 388 g/mol. The van der Waals surface area contributed by atoms with E-state index in [-0.39, 0.29) is 35.4 Å². The van der Waals surface area contributed by atoms with Crippen molar-refractivity contribution in [2.75, 3.05) is 13.7 Å². The second kappa shape index (κ2) is 10.8. The Kier molecular flexibility index (Phi) is 9.18. The first kappa shape index (κ1) is 23.7. The molecule has 0 radical (unpaired) electrons. The highest BCUT2D eigenvalue weighted by molar-refractivity contribution is 5.79. The summed E-state index contributed by atoms with van der Waals surface area (Å²) in [6.45, 7) is 8.53. The number of ketones is 1. The van der Waals surface area contributed by atoms with Crippen LogP contribution in [0.25, 0.3) is 0 Å². The Morgan fingerprint density at radius 3 is 2.25 bits per heavy atom. The summed E-state index contributed by atoms with van der Waals surface area (Å²) in [5.41, 5.74) is 0.707. The van der Waals surface area contributed by atoms with Crippen molar-refractivity contribution in [2.45, 2.75) is 66.2 Å². The Bertz CT molecular complexity index is 684. The lowest BCUT2D eigenvalue weighted by atomic mass is 9.72. The molecule has 0 bridgehead atoms. The molecule has 0 aliphatic heterocycles. The highest BCUT2D eigenvalue weighted by Crippen LogP contribution is 2.37. The van der Waals surface area contributed by atoms with E-state index in [1.54, 1.807) is 7.11 Å². The fraction of sp³-hybridized carbons (Fsp3) is 0.609. The summed E-state index contributed by atoms with van der Waals surface area (Å²) in [4.78, 5) is 24.1. The maximum Gasteiger partial charge on any atom is 0.306 e. The van der Waals surface area contributed by atoms with Crippen LogP contribution in [0.1, 0.15) is 65.4 Å². The Hall–Kier alpha value is -2.35. The number of carbonyl (C=O) groups is 2. The van der Waals surface area contributed by atoms with Crippen LogP contribution in [0.5, 0.6) is 5.75 Å². The summed E-state index contributed by atoms with van der Waals surface area (Å²) >= 11 is 0. The lowest BCUT2D eigenvalue weighted by molar-refractivity contribution is -0.147. The summed E-state index contributed by atoms with van der Waals surface area (Å²) < 4.78 is 10.4. The van der Waals surface area contributed by atoms with Crippen LogP contribution in [0.2, 0.25) is 0 Å². The van der Waals surface area contributed by atoms with Crippen LogP contribution in [0, 0.1) is 22.2 Å². The van der Waals surface area contributed by atoms with E-state index in [9.17, 15) is 9.59 Å². The zero-order valence-electron chi connectivity index (χ0n) is 17.8. The molecule has 0 heterocycles. The molecular formula is C23H33NO4. The van der Waals surface area contributed by atoms with Gasteiger partial charge in [-0.1, -0.05) is 39.8 Å². The summed E-state index contributed by atoms with van der Waals surface area (Å²) in [6, 6.07) is 9.73. The first-order valence-electron chi connectivity index (χ1n) is 9.74. The van der Waals surface area contributed by atoms with E-state index < -0.39 is 0 Å². The van der Waals surface area contributed by atoms with Gasteiger partial charge in [-0.25, -0.2) is 0 Å². The van der Waals surface area contributed by atoms with Crippen LogP contribution < -0.4 is 4.74 Å². The predicted molar refractivity (Wildman–Crippen MR) is 109 cm³/mol. The van der Waals surface area contributed by atoms with Gasteiger partial charge in [-0.3, -0.25) is 9.59 Å². The number of ether oxygens (including phenoxy) is 2. The minimum atomic E-state index is -0.344. The Labute approximate surface area is 169 Å². The van der Waals surface area contributed by atoms with E-state index >= 15 is 0 Å².